The molecule has 40 heavy (non-hydrogen) atoms. The maximum absolute atomic E-state index is 6.41. The molecule has 0 bridgehead atoms. The van der Waals surface area contributed by atoms with Gasteiger partial charge < -0.3 is 28.4 Å². The second-order valence-corrected chi connectivity index (χ2v) is 11.9. The molecule has 0 N–H and O–H groups in total. The molecule has 2 unspecified atom stereocenters. The van der Waals surface area contributed by atoms with E-state index in [1.54, 1.807) is 0 Å². The minimum Gasteiger partial charge on any atom is -0.374 e. The third-order valence-corrected chi connectivity index (χ3v) is 7.86. The molecule has 0 aliphatic carbocycles. The third-order valence-electron chi connectivity index (χ3n) is 7.21. The van der Waals surface area contributed by atoms with E-state index in [9.17, 15) is 0 Å². The molecule has 6 nitrogen and oxygen atoms in total. The SMILES string of the molecule is CC1(C)OCC(c2ccc(COC[C@H](OCc3ccc(C4COC(C)(C)O4)cc3)c3ccc(CBr)cc3)cc2)O1. The Morgan fingerprint density at radius 3 is 1.62 bits per heavy atom. The summed E-state index contributed by atoms with van der Waals surface area (Å²) in [6, 6.07) is 25.2. The van der Waals surface area contributed by atoms with E-state index in [1.165, 1.54) is 5.56 Å². The molecule has 3 aromatic rings. The van der Waals surface area contributed by atoms with Crippen LogP contribution in [-0.2, 0) is 47.0 Å². The number of hydrogen-bond donors (Lipinski definition) is 0. The molecule has 2 aliphatic heterocycles. The highest BCUT2D eigenvalue weighted by molar-refractivity contribution is 9.08. The van der Waals surface area contributed by atoms with Crippen molar-refractivity contribution in [2.75, 3.05) is 19.8 Å². The maximum Gasteiger partial charge on any atom is 0.163 e. The molecular formula is C33H39BrO6. The normalized spacial score (nSPS) is 22.4. The van der Waals surface area contributed by atoms with E-state index < -0.39 is 11.6 Å². The number of halogens is 1. The Hall–Kier alpha value is -2.10. The van der Waals surface area contributed by atoms with Crippen molar-refractivity contribution in [1.29, 1.82) is 0 Å². The van der Waals surface area contributed by atoms with Crippen molar-refractivity contribution in [3.8, 4) is 0 Å². The van der Waals surface area contributed by atoms with Crippen molar-refractivity contribution < 1.29 is 28.4 Å². The second-order valence-electron chi connectivity index (χ2n) is 11.3. The Bertz CT molecular complexity index is 1220. The van der Waals surface area contributed by atoms with Crippen LogP contribution in [0.4, 0.5) is 0 Å². The molecule has 0 spiro atoms. The van der Waals surface area contributed by atoms with Gasteiger partial charge in [-0.1, -0.05) is 88.7 Å². The predicted molar refractivity (Wildman–Crippen MR) is 157 cm³/mol. The molecule has 0 radical (unpaired) electrons. The molecule has 2 heterocycles. The fraction of sp³-hybridized carbons (Fsp3) is 0.455. The molecule has 2 fully saturated rings. The van der Waals surface area contributed by atoms with E-state index >= 15 is 0 Å². The molecule has 214 valence electrons. The zero-order valence-electron chi connectivity index (χ0n) is 23.7. The first kappa shape index (κ1) is 29.4. The highest BCUT2D eigenvalue weighted by Crippen LogP contribution is 2.34. The van der Waals surface area contributed by atoms with Gasteiger partial charge in [0.1, 0.15) is 18.3 Å². The minimum absolute atomic E-state index is 0.0369. The summed E-state index contributed by atoms with van der Waals surface area (Å²) in [7, 11) is 0. The Kier molecular flexibility index (Phi) is 9.42. The molecule has 3 atom stereocenters. The number of benzene rings is 3. The van der Waals surface area contributed by atoms with Gasteiger partial charge in [0.05, 0.1) is 33.0 Å². The van der Waals surface area contributed by atoms with Gasteiger partial charge >= 0.3 is 0 Å². The summed E-state index contributed by atoms with van der Waals surface area (Å²) in [5.74, 6) is -1.07. The van der Waals surface area contributed by atoms with Crippen molar-refractivity contribution in [1.82, 2.24) is 0 Å². The fourth-order valence-electron chi connectivity index (χ4n) is 4.90. The summed E-state index contributed by atoms with van der Waals surface area (Å²) < 4.78 is 35.9. The maximum atomic E-state index is 6.41. The van der Waals surface area contributed by atoms with Gasteiger partial charge in [-0.05, 0) is 61.1 Å². The van der Waals surface area contributed by atoms with Crippen LogP contribution >= 0.6 is 15.9 Å². The first-order valence-corrected chi connectivity index (χ1v) is 15.0. The van der Waals surface area contributed by atoms with Crippen LogP contribution in [0.5, 0.6) is 0 Å². The smallest absolute Gasteiger partial charge is 0.163 e. The van der Waals surface area contributed by atoms with Crippen molar-refractivity contribution in [3.05, 3.63) is 106 Å². The monoisotopic (exact) mass is 610 g/mol. The van der Waals surface area contributed by atoms with Crippen molar-refractivity contribution in [3.63, 3.8) is 0 Å². The molecule has 0 saturated carbocycles. The summed E-state index contributed by atoms with van der Waals surface area (Å²) in [4.78, 5) is 0. The third kappa shape index (κ3) is 7.79. The molecule has 7 heteroatoms. The van der Waals surface area contributed by atoms with Gasteiger partial charge in [-0.2, -0.15) is 0 Å². The fourth-order valence-corrected chi connectivity index (χ4v) is 5.28. The Morgan fingerprint density at radius 2 is 1.18 bits per heavy atom. The molecule has 2 aliphatic rings. The standard InChI is InChI=1S/C33H39BrO6/c1-32(2)37-21-30(39-32)27-13-7-24(8-14-27)18-35-20-29(26-11-5-23(17-34)6-12-26)36-19-25-9-15-28(16-10-25)31-22-38-33(3,4)40-31/h5-16,29-31H,17-22H2,1-4H3/t29-,30?,31?/m0/s1. The lowest BCUT2D eigenvalue weighted by molar-refractivity contribution is -0.139. The van der Waals surface area contributed by atoms with Crippen molar-refractivity contribution >= 4 is 15.9 Å². The van der Waals surface area contributed by atoms with Gasteiger partial charge in [0.2, 0.25) is 0 Å². The van der Waals surface area contributed by atoms with Gasteiger partial charge in [-0.3, -0.25) is 0 Å². The predicted octanol–water partition coefficient (Wildman–Crippen LogP) is 7.70. The van der Waals surface area contributed by atoms with Gasteiger partial charge in [0.15, 0.2) is 11.6 Å². The molecule has 0 amide bonds. The van der Waals surface area contributed by atoms with Crippen molar-refractivity contribution in [2.24, 2.45) is 0 Å². The van der Waals surface area contributed by atoms with Gasteiger partial charge in [-0.25, -0.2) is 0 Å². The van der Waals surface area contributed by atoms with Gasteiger partial charge in [-0.15, -0.1) is 0 Å². The van der Waals surface area contributed by atoms with Gasteiger partial charge in [0.25, 0.3) is 0 Å². The van der Waals surface area contributed by atoms with Crippen LogP contribution in [-0.4, -0.2) is 31.4 Å². The highest BCUT2D eigenvalue weighted by Gasteiger charge is 2.34. The van der Waals surface area contributed by atoms with Crippen molar-refractivity contribution in [2.45, 2.75) is 76.1 Å². The summed E-state index contributed by atoms with van der Waals surface area (Å²) in [6.45, 7) is 10.3. The largest absolute Gasteiger partial charge is 0.374 e. The van der Waals surface area contributed by atoms with E-state index in [0.29, 0.717) is 33.0 Å². The molecular weight excluding hydrogens is 572 g/mol. The lowest BCUT2D eigenvalue weighted by Crippen LogP contribution is -2.19. The minimum atomic E-state index is -0.539. The quantitative estimate of drug-likeness (QED) is 0.207. The van der Waals surface area contributed by atoms with Crippen LogP contribution in [0.15, 0.2) is 72.8 Å². The average Bonchev–Trinajstić information content (AvgIpc) is 3.51. The molecule has 0 aromatic heterocycles. The Balaban J connectivity index is 1.17. The Morgan fingerprint density at radius 1 is 0.700 bits per heavy atom. The van der Waals surface area contributed by atoms with Crippen LogP contribution in [0.25, 0.3) is 0 Å². The van der Waals surface area contributed by atoms with Crippen LogP contribution < -0.4 is 0 Å². The lowest BCUT2D eigenvalue weighted by atomic mass is 10.1. The molecule has 3 aromatic carbocycles. The topological polar surface area (TPSA) is 55.4 Å². The van der Waals surface area contributed by atoms with Crippen LogP contribution in [0.1, 0.15) is 79.4 Å². The van der Waals surface area contributed by atoms with E-state index in [-0.39, 0.29) is 18.3 Å². The molecule has 5 rings (SSSR count). The van der Waals surface area contributed by atoms with E-state index in [1.807, 2.05) is 27.7 Å². The highest BCUT2D eigenvalue weighted by atomic mass is 79.9. The van der Waals surface area contributed by atoms with Gasteiger partial charge in [0, 0.05) is 5.33 Å². The van der Waals surface area contributed by atoms with E-state index in [0.717, 1.165) is 33.1 Å². The van der Waals surface area contributed by atoms with E-state index in [4.69, 9.17) is 28.4 Å². The first-order valence-electron chi connectivity index (χ1n) is 13.8. The summed E-state index contributed by atoms with van der Waals surface area (Å²) in [5.41, 5.74) is 6.75. The van der Waals surface area contributed by atoms with Crippen LogP contribution in [0.3, 0.4) is 0 Å². The average molecular weight is 612 g/mol. The zero-order chi connectivity index (χ0) is 28.2. The first-order chi connectivity index (χ1) is 19.2. The Labute approximate surface area is 246 Å². The number of rotatable bonds is 11. The van der Waals surface area contributed by atoms with Crippen LogP contribution in [0, 0.1) is 0 Å². The number of alkyl halides is 1. The lowest BCUT2D eigenvalue weighted by Gasteiger charge is -2.20. The summed E-state index contributed by atoms with van der Waals surface area (Å²) in [5, 5.41) is 0.820. The summed E-state index contributed by atoms with van der Waals surface area (Å²) in [6.07, 6.45) is -0.272. The second kappa shape index (κ2) is 12.8. The number of hydrogen-bond acceptors (Lipinski definition) is 6. The van der Waals surface area contributed by atoms with Crippen LogP contribution in [0.2, 0.25) is 0 Å². The summed E-state index contributed by atoms with van der Waals surface area (Å²) >= 11 is 3.53. The van der Waals surface area contributed by atoms with E-state index in [2.05, 4.69) is 88.7 Å². The zero-order valence-corrected chi connectivity index (χ0v) is 25.3. The molecule has 2 saturated heterocycles. The number of ether oxygens (including phenoxy) is 6.